The van der Waals surface area contributed by atoms with E-state index >= 15 is 0 Å². The molecular weight excluding hydrogens is 314 g/mol. The van der Waals surface area contributed by atoms with Crippen LogP contribution in [0.1, 0.15) is 29.3 Å². The molecule has 1 aliphatic heterocycles. The topological polar surface area (TPSA) is 83.7 Å². The Balaban J connectivity index is 2.23. The highest BCUT2D eigenvalue weighted by atomic mass is 32.2. The van der Waals surface area contributed by atoms with Gasteiger partial charge >= 0.3 is 0 Å². The highest BCUT2D eigenvalue weighted by Gasteiger charge is 2.35. The predicted octanol–water partition coefficient (Wildman–Crippen LogP) is 1.05. The van der Waals surface area contributed by atoms with E-state index in [0.29, 0.717) is 29.6 Å². The number of amides is 1. The molecule has 0 radical (unpaired) electrons. The first-order valence-corrected chi connectivity index (χ1v) is 9.29. The maximum Gasteiger partial charge on any atom is 0.253 e. The maximum absolute atomic E-state index is 12.7. The molecule has 1 aromatic carbocycles. The fourth-order valence-corrected chi connectivity index (χ4v) is 4.06. The minimum absolute atomic E-state index is 0.0585. The quantitative estimate of drug-likeness (QED) is 0.889. The zero-order valence-corrected chi connectivity index (χ0v) is 14.9. The van der Waals surface area contributed by atoms with Crippen molar-refractivity contribution in [1.82, 2.24) is 9.80 Å². The molecule has 0 aliphatic carbocycles. The molecule has 0 spiro atoms. The van der Waals surface area contributed by atoms with Crippen LogP contribution in [0.25, 0.3) is 0 Å². The van der Waals surface area contributed by atoms with Crippen LogP contribution in [-0.4, -0.2) is 57.4 Å². The van der Waals surface area contributed by atoms with Crippen LogP contribution in [0.15, 0.2) is 23.1 Å². The summed E-state index contributed by atoms with van der Waals surface area (Å²) >= 11 is 0. The van der Waals surface area contributed by atoms with E-state index in [0.717, 1.165) is 13.0 Å². The number of nitrogens with two attached hydrogens (primary N) is 1. The third-order valence-corrected chi connectivity index (χ3v) is 5.68. The van der Waals surface area contributed by atoms with Gasteiger partial charge in [0.25, 0.3) is 5.91 Å². The number of primary sulfonamides is 1. The summed E-state index contributed by atoms with van der Waals surface area (Å²) in [6, 6.07) is 4.91. The van der Waals surface area contributed by atoms with Gasteiger partial charge in [0.05, 0.1) is 4.90 Å². The van der Waals surface area contributed by atoms with E-state index in [4.69, 9.17) is 5.14 Å². The van der Waals surface area contributed by atoms with Gasteiger partial charge in [-0.25, -0.2) is 13.6 Å². The molecule has 0 saturated carbocycles. The standard InChI is InChI=1S/C16H25N3O3S/c1-5-12-9-19(10-14(12)18(3)4)16(20)13-6-7-15(11(2)8-13)23(17,21)22/h6-8,12,14H,5,9-10H2,1-4H3,(H2,17,21,22)/t12-,14-/m0/s1. The number of carbonyl (C=O) groups excluding carboxylic acids is 1. The molecule has 0 aromatic heterocycles. The van der Waals surface area contributed by atoms with Crippen molar-refractivity contribution in [2.75, 3.05) is 27.2 Å². The first kappa shape index (κ1) is 17.9. The molecule has 128 valence electrons. The molecule has 2 N–H and O–H groups in total. The van der Waals surface area contributed by atoms with E-state index < -0.39 is 10.0 Å². The lowest BCUT2D eigenvalue weighted by Gasteiger charge is -2.23. The number of carbonyl (C=O) groups is 1. The first-order valence-electron chi connectivity index (χ1n) is 7.74. The molecular formula is C16H25N3O3S. The molecule has 1 amide bonds. The zero-order valence-electron chi connectivity index (χ0n) is 14.1. The van der Waals surface area contributed by atoms with Crippen LogP contribution in [0, 0.1) is 12.8 Å². The van der Waals surface area contributed by atoms with Crippen molar-refractivity contribution in [3.63, 3.8) is 0 Å². The summed E-state index contributed by atoms with van der Waals surface area (Å²) in [6.45, 7) is 5.21. The van der Waals surface area contributed by atoms with Crippen LogP contribution in [0.4, 0.5) is 0 Å². The summed E-state index contributed by atoms with van der Waals surface area (Å²) in [5.74, 6) is 0.399. The Morgan fingerprint density at radius 2 is 2.00 bits per heavy atom. The molecule has 6 nitrogen and oxygen atoms in total. The number of sulfonamides is 1. The Morgan fingerprint density at radius 1 is 1.35 bits per heavy atom. The van der Waals surface area contributed by atoms with E-state index in [1.807, 2.05) is 19.0 Å². The Morgan fingerprint density at radius 3 is 2.43 bits per heavy atom. The summed E-state index contributed by atoms with van der Waals surface area (Å²) in [7, 11) is 0.309. The van der Waals surface area contributed by atoms with Gasteiger partial charge in [-0.15, -0.1) is 0 Å². The monoisotopic (exact) mass is 339 g/mol. The van der Waals surface area contributed by atoms with E-state index in [1.165, 1.54) is 6.07 Å². The van der Waals surface area contributed by atoms with Crippen LogP contribution in [0.3, 0.4) is 0 Å². The van der Waals surface area contributed by atoms with Gasteiger partial charge in [0.15, 0.2) is 0 Å². The predicted molar refractivity (Wildman–Crippen MR) is 89.7 cm³/mol. The van der Waals surface area contributed by atoms with E-state index in [-0.39, 0.29) is 10.8 Å². The molecule has 0 unspecified atom stereocenters. The van der Waals surface area contributed by atoms with Gasteiger partial charge in [-0.05, 0) is 50.7 Å². The number of hydrogen-bond donors (Lipinski definition) is 1. The maximum atomic E-state index is 12.7. The van der Waals surface area contributed by atoms with Crippen molar-refractivity contribution >= 4 is 15.9 Å². The molecule has 23 heavy (non-hydrogen) atoms. The summed E-state index contributed by atoms with van der Waals surface area (Å²) in [4.78, 5) is 16.8. The number of aryl methyl sites for hydroxylation is 1. The Bertz CT molecular complexity index is 701. The average Bonchev–Trinajstić information content (AvgIpc) is 2.89. The highest BCUT2D eigenvalue weighted by molar-refractivity contribution is 7.89. The van der Waals surface area contributed by atoms with Gasteiger partial charge in [0, 0.05) is 24.7 Å². The van der Waals surface area contributed by atoms with Crippen molar-refractivity contribution in [3.05, 3.63) is 29.3 Å². The van der Waals surface area contributed by atoms with Crippen LogP contribution < -0.4 is 5.14 Å². The molecule has 1 fully saturated rings. The lowest BCUT2D eigenvalue weighted by Crippen LogP contribution is -2.36. The van der Waals surface area contributed by atoms with Gasteiger partial charge < -0.3 is 9.80 Å². The SMILES string of the molecule is CC[C@H]1CN(C(=O)c2ccc(S(N)(=O)=O)c(C)c2)C[C@@H]1N(C)C. The summed E-state index contributed by atoms with van der Waals surface area (Å²) in [6.07, 6.45) is 1.02. The third kappa shape index (κ3) is 3.73. The van der Waals surface area contributed by atoms with Gasteiger partial charge in [-0.3, -0.25) is 4.79 Å². The molecule has 1 aromatic rings. The lowest BCUT2D eigenvalue weighted by atomic mass is 10.0. The summed E-state index contributed by atoms with van der Waals surface area (Å²) in [5, 5.41) is 5.16. The van der Waals surface area contributed by atoms with E-state index in [2.05, 4.69) is 11.8 Å². The van der Waals surface area contributed by atoms with Gasteiger partial charge in [-0.2, -0.15) is 0 Å². The number of likely N-dealkylation sites (N-methyl/N-ethyl adjacent to an activating group) is 1. The van der Waals surface area contributed by atoms with Crippen molar-refractivity contribution in [3.8, 4) is 0 Å². The van der Waals surface area contributed by atoms with Crippen LogP contribution >= 0.6 is 0 Å². The lowest BCUT2D eigenvalue weighted by molar-refractivity contribution is 0.0781. The fourth-order valence-electron chi connectivity index (χ4n) is 3.29. The molecule has 7 heteroatoms. The Hall–Kier alpha value is -1.44. The van der Waals surface area contributed by atoms with Crippen molar-refractivity contribution in [2.45, 2.75) is 31.2 Å². The number of hydrogen-bond acceptors (Lipinski definition) is 4. The minimum atomic E-state index is -3.76. The van der Waals surface area contributed by atoms with Crippen LogP contribution in [-0.2, 0) is 10.0 Å². The third-order valence-electron chi connectivity index (χ3n) is 4.61. The largest absolute Gasteiger partial charge is 0.337 e. The smallest absolute Gasteiger partial charge is 0.253 e. The fraction of sp³-hybridized carbons (Fsp3) is 0.562. The van der Waals surface area contributed by atoms with Gasteiger partial charge in [-0.1, -0.05) is 13.3 Å². The van der Waals surface area contributed by atoms with E-state index in [9.17, 15) is 13.2 Å². The number of nitrogens with zero attached hydrogens (tertiary/aromatic N) is 2. The molecule has 2 atom stereocenters. The molecule has 1 heterocycles. The Labute approximate surface area is 138 Å². The number of likely N-dealkylation sites (tertiary alicyclic amines) is 1. The minimum Gasteiger partial charge on any atom is -0.337 e. The van der Waals surface area contributed by atoms with Crippen LogP contribution in [0.5, 0.6) is 0 Å². The second kappa shape index (κ2) is 6.59. The first-order chi connectivity index (χ1) is 10.6. The summed E-state index contributed by atoms with van der Waals surface area (Å²) in [5.41, 5.74) is 0.998. The molecule has 1 saturated heterocycles. The molecule has 1 aliphatic rings. The summed E-state index contributed by atoms with van der Waals surface area (Å²) < 4.78 is 22.9. The Kier molecular flexibility index (Phi) is 5.13. The van der Waals surface area contributed by atoms with Gasteiger partial charge in [0.2, 0.25) is 10.0 Å². The van der Waals surface area contributed by atoms with E-state index in [1.54, 1.807) is 19.1 Å². The molecule has 0 bridgehead atoms. The van der Waals surface area contributed by atoms with Crippen molar-refractivity contribution < 1.29 is 13.2 Å². The van der Waals surface area contributed by atoms with Crippen LogP contribution in [0.2, 0.25) is 0 Å². The zero-order chi connectivity index (χ0) is 17.4. The normalized spacial score (nSPS) is 21.9. The number of rotatable bonds is 4. The number of benzene rings is 1. The second-order valence-corrected chi connectivity index (χ2v) is 7.96. The van der Waals surface area contributed by atoms with Crippen molar-refractivity contribution in [1.29, 1.82) is 0 Å². The second-order valence-electron chi connectivity index (χ2n) is 6.43. The highest BCUT2D eigenvalue weighted by Crippen LogP contribution is 2.25. The van der Waals surface area contributed by atoms with Gasteiger partial charge in [0.1, 0.15) is 0 Å². The molecule has 2 rings (SSSR count). The van der Waals surface area contributed by atoms with Crippen molar-refractivity contribution in [2.24, 2.45) is 11.1 Å². The average molecular weight is 339 g/mol.